The molecular weight excluding hydrogens is 224 g/mol. The number of nitrogens with one attached hydrogen (secondary N) is 1. The van der Waals surface area contributed by atoms with Crippen molar-refractivity contribution < 1.29 is 4.79 Å². The van der Waals surface area contributed by atoms with Crippen molar-refractivity contribution in [2.45, 2.75) is 51.4 Å². The number of hydrogen-bond acceptors (Lipinski definition) is 2. The number of rotatable bonds is 3. The Hall–Kier alpha value is -0.570. The number of nitrogens with zero attached hydrogens (tertiary/aromatic N) is 1. The molecule has 0 aromatic heterocycles. The minimum absolute atomic E-state index is 0.419. The van der Waals surface area contributed by atoms with Crippen LogP contribution in [0.25, 0.3) is 0 Å². The van der Waals surface area contributed by atoms with Crippen molar-refractivity contribution in [2.75, 3.05) is 26.2 Å². The number of carbonyl (C=O) groups is 1. The van der Waals surface area contributed by atoms with Crippen LogP contribution < -0.4 is 5.32 Å². The Bertz CT molecular complexity index is 296. The third-order valence-electron chi connectivity index (χ3n) is 5.50. The minimum Gasteiger partial charge on any atom is -0.343 e. The summed E-state index contributed by atoms with van der Waals surface area (Å²) in [6.45, 7) is 4.36. The standard InChI is InChI=1S/C15H26N2O/c18-14(5-4-13-2-1-3-13)17-10-7-15(8-11-17)6-9-16-12-15/h13,16H,1-12H2. The zero-order valence-electron chi connectivity index (χ0n) is 11.4. The number of carbonyl (C=O) groups excluding carboxylic acids is 1. The van der Waals surface area contributed by atoms with Crippen LogP contribution in [0.1, 0.15) is 51.4 Å². The molecule has 2 aliphatic heterocycles. The van der Waals surface area contributed by atoms with Gasteiger partial charge in [0.2, 0.25) is 5.91 Å². The number of piperidine rings is 1. The van der Waals surface area contributed by atoms with Gasteiger partial charge >= 0.3 is 0 Å². The second-order valence-corrected chi connectivity index (χ2v) is 6.64. The maximum atomic E-state index is 12.2. The fourth-order valence-electron chi connectivity index (χ4n) is 3.72. The van der Waals surface area contributed by atoms with Crippen LogP contribution in [0.5, 0.6) is 0 Å². The lowest BCUT2D eigenvalue weighted by atomic mass is 9.77. The zero-order valence-corrected chi connectivity index (χ0v) is 11.4. The van der Waals surface area contributed by atoms with E-state index < -0.39 is 0 Å². The predicted octanol–water partition coefficient (Wildman–Crippen LogP) is 2.17. The quantitative estimate of drug-likeness (QED) is 0.832. The molecule has 1 spiro atoms. The van der Waals surface area contributed by atoms with Crippen LogP contribution in [0.15, 0.2) is 0 Å². The summed E-state index contributed by atoms with van der Waals surface area (Å²) in [4.78, 5) is 14.3. The highest BCUT2D eigenvalue weighted by Crippen LogP contribution is 2.37. The third-order valence-corrected chi connectivity index (χ3v) is 5.50. The Morgan fingerprint density at radius 3 is 2.56 bits per heavy atom. The lowest BCUT2D eigenvalue weighted by Crippen LogP contribution is -2.44. The molecule has 0 unspecified atom stereocenters. The van der Waals surface area contributed by atoms with Crippen LogP contribution in [-0.2, 0) is 4.79 Å². The van der Waals surface area contributed by atoms with Crippen LogP contribution in [-0.4, -0.2) is 37.0 Å². The molecule has 3 fully saturated rings. The SMILES string of the molecule is O=C(CCC1CCC1)N1CCC2(CCNC2)CC1. The molecule has 3 heteroatoms. The second kappa shape index (κ2) is 5.20. The summed E-state index contributed by atoms with van der Waals surface area (Å²) in [5, 5.41) is 3.48. The van der Waals surface area contributed by atoms with Gasteiger partial charge in [0.25, 0.3) is 0 Å². The molecular formula is C15H26N2O. The topological polar surface area (TPSA) is 32.3 Å². The summed E-state index contributed by atoms with van der Waals surface area (Å²) < 4.78 is 0. The van der Waals surface area contributed by atoms with Crippen LogP contribution in [0.4, 0.5) is 0 Å². The summed E-state index contributed by atoms with van der Waals surface area (Å²) in [6, 6.07) is 0. The van der Waals surface area contributed by atoms with Crippen LogP contribution in [0, 0.1) is 11.3 Å². The summed E-state index contributed by atoms with van der Waals surface area (Å²) >= 11 is 0. The first-order valence-corrected chi connectivity index (χ1v) is 7.76. The normalized spacial score (nSPS) is 27.4. The van der Waals surface area contributed by atoms with Crippen molar-refractivity contribution in [1.29, 1.82) is 0 Å². The number of hydrogen-bond donors (Lipinski definition) is 1. The van der Waals surface area contributed by atoms with E-state index in [-0.39, 0.29) is 0 Å². The molecule has 2 heterocycles. The van der Waals surface area contributed by atoms with E-state index in [4.69, 9.17) is 0 Å². The number of likely N-dealkylation sites (tertiary alicyclic amines) is 1. The zero-order chi connectivity index (χ0) is 12.4. The van der Waals surface area contributed by atoms with Gasteiger partial charge in [-0.3, -0.25) is 4.79 Å². The molecule has 18 heavy (non-hydrogen) atoms. The first-order valence-electron chi connectivity index (χ1n) is 7.76. The van der Waals surface area contributed by atoms with Gasteiger partial charge < -0.3 is 10.2 Å². The van der Waals surface area contributed by atoms with E-state index in [9.17, 15) is 4.79 Å². The average molecular weight is 250 g/mol. The van der Waals surface area contributed by atoms with Gasteiger partial charge in [-0.05, 0) is 43.6 Å². The lowest BCUT2D eigenvalue weighted by molar-refractivity contribution is -0.133. The Morgan fingerprint density at radius 1 is 1.22 bits per heavy atom. The van der Waals surface area contributed by atoms with Crippen LogP contribution in [0.3, 0.4) is 0 Å². The number of amides is 1. The summed E-state index contributed by atoms with van der Waals surface area (Å²) in [6.07, 6.45) is 9.81. The average Bonchev–Trinajstić information content (AvgIpc) is 2.76. The highest BCUT2D eigenvalue weighted by molar-refractivity contribution is 5.76. The van der Waals surface area contributed by atoms with Crippen molar-refractivity contribution in [3.63, 3.8) is 0 Å². The Kier molecular flexibility index (Phi) is 3.60. The monoisotopic (exact) mass is 250 g/mol. The fraction of sp³-hybridized carbons (Fsp3) is 0.933. The summed E-state index contributed by atoms with van der Waals surface area (Å²) in [5.41, 5.74) is 0.532. The molecule has 102 valence electrons. The lowest BCUT2D eigenvalue weighted by Gasteiger charge is -2.39. The molecule has 2 saturated heterocycles. The molecule has 3 nitrogen and oxygen atoms in total. The molecule has 3 aliphatic rings. The van der Waals surface area contributed by atoms with E-state index in [2.05, 4.69) is 10.2 Å². The van der Waals surface area contributed by atoms with E-state index >= 15 is 0 Å². The van der Waals surface area contributed by atoms with Crippen molar-refractivity contribution >= 4 is 5.91 Å². The Labute approximate surface area is 110 Å². The van der Waals surface area contributed by atoms with Gasteiger partial charge in [0, 0.05) is 26.1 Å². The Morgan fingerprint density at radius 2 is 2.00 bits per heavy atom. The molecule has 1 N–H and O–H groups in total. The van der Waals surface area contributed by atoms with E-state index in [0.717, 1.165) is 31.8 Å². The summed E-state index contributed by atoms with van der Waals surface area (Å²) in [7, 11) is 0. The minimum atomic E-state index is 0.419. The summed E-state index contributed by atoms with van der Waals surface area (Å²) in [5.74, 6) is 1.28. The highest BCUT2D eigenvalue weighted by atomic mass is 16.2. The second-order valence-electron chi connectivity index (χ2n) is 6.64. The Balaban J connectivity index is 1.42. The van der Waals surface area contributed by atoms with Crippen molar-refractivity contribution in [3.05, 3.63) is 0 Å². The molecule has 0 radical (unpaired) electrons. The first-order chi connectivity index (χ1) is 8.77. The maximum absolute atomic E-state index is 12.2. The van der Waals surface area contributed by atoms with E-state index in [1.54, 1.807) is 0 Å². The molecule has 0 aromatic rings. The van der Waals surface area contributed by atoms with Crippen LogP contribution in [0.2, 0.25) is 0 Å². The highest BCUT2D eigenvalue weighted by Gasteiger charge is 2.37. The van der Waals surface area contributed by atoms with Gasteiger partial charge in [-0.15, -0.1) is 0 Å². The molecule has 0 atom stereocenters. The molecule has 1 aliphatic carbocycles. The fourth-order valence-corrected chi connectivity index (χ4v) is 3.72. The van der Waals surface area contributed by atoms with Gasteiger partial charge in [-0.1, -0.05) is 19.3 Å². The predicted molar refractivity (Wildman–Crippen MR) is 72.3 cm³/mol. The van der Waals surface area contributed by atoms with Gasteiger partial charge in [-0.2, -0.15) is 0 Å². The largest absolute Gasteiger partial charge is 0.343 e. The third kappa shape index (κ3) is 2.56. The molecule has 0 aromatic carbocycles. The van der Waals surface area contributed by atoms with Gasteiger partial charge in [0.1, 0.15) is 0 Å². The smallest absolute Gasteiger partial charge is 0.222 e. The molecule has 1 saturated carbocycles. The first kappa shape index (κ1) is 12.5. The van der Waals surface area contributed by atoms with Crippen molar-refractivity contribution in [3.8, 4) is 0 Å². The van der Waals surface area contributed by atoms with Crippen molar-refractivity contribution in [2.24, 2.45) is 11.3 Å². The maximum Gasteiger partial charge on any atom is 0.222 e. The van der Waals surface area contributed by atoms with Gasteiger partial charge in [0.15, 0.2) is 0 Å². The van der Waals surface area contributed by atoms with Crippen molar-refractivity contribution in [1.82, 2.24) is 10.2 Å². The van der Waals surface area contributed by atoms with Gasteiger partial charge in [0.05, 0.1) is 0 Å². The molecule has 3 rings (SSSR count). The molecule has 0 bridgehead atoms. The van der Waals surface area contributed by atoms with E-state index in [1.165, 1.54) is 51.6 Å². The molecule has 1 amide bonds. The van der Waals surface area contributed by atoms with E-state index in [1.807, 2.05) is 0 Å². The van der Waals surface area contributed by atoms with E-state index in [0.29, 0.717) is 11.3 Å². The van der Waals surface area contributed by atoms with Crippen LogP contribution >= 0.6 is 0 Å². The van der Waals surface area contributed by atoms with Gasteiger partial charge in [-0.25, -0.2) is 0 Å².